The monoisotopic (exact) mass is 418 g/mol. The number of carbonyl (C=O) groups is 2. The van der Waals surface area contributed by atoms with Crippen molar-refractivity contribution < 1.29 is 19.4 Å². The Bertz CT molecular complexity index is 666. The zero-order chi connectivity index (χ0) is 22.1. The number of aliphatic hydroxyl groups is 1. The van der Waals surface area contributed by atoms with Crippen molar-refractivity contribution >= 4 is 11.8 Å². The van der Waals surface area contributed by atoms with Gasteiger partial charge in [0.1, 0.15) is 6.23 Å². The second-order valence-corrected chi connectivity index (χ2v) is 8.53. The zero-order valence-electron chi connectivity index (χ0n) is 18.9. The molecule has 1 aliphatic rings. The number of carbonyl (C=O) groups excluding carboxylic acids is 2. The van der Waals surface area contributed by atoms with Crippen LogP contribution in [0.15, 0.2) is 30.3 Å². The molecule has 4 unspecified atom stereocenters. The van der Waals surface area contributed by atoms with Gasteiger partial charge in [-0.1, -0.05) is 63.9 Å². The van der Waals surface area contributed by atoms with E-state index in [1.54, 1.807) is 16.9 Å². The molecule has 6 heteroatoms. The fraction of sp³-hybridized carbons (Fsp3) is 0.667. The van der Waals surface area contributed by atoms with E-state index in [-0.39, 0.29) is 30.5 Å². The number of hydrogen-bond donors (Lipinski definition) is 1. The van der Waals surface area contributed by atoms with Gasteiger partial charge in [-0.05, 0) is 17.9 Å². The summed E-state index contributed by atoms with van der Waals surface area (Å²) >= 11 is 0. The van der Waals surface area contributed by atoms with Gasteiger partial charge in [0.05, 0.1) is 12.6 Å². The Balaban J connectivity index is 2.05. The van der Waals surface area contributed by atoms with Crippen LogP contribution in [0.25, 0.3) is 0 Å². The summed E-state index contributed by atoms with van der Waals surface area (Å²) in [6, 6.07) is 9.36. The molecule has 2 amide bonds. The van der Waals surface area contributed by atoms with Gasteiger partial charge in [-0.3, -0.25) is 9.59 Å². The first-order valence-corrected chi connectivity index (χ1v) is 11.2. The predicted octanol–water partition coefficient (Wildman–Crippen LogP) is 3.61. The van der Waals surface area contributed by atoms with Gasteiger partial charge in [-0.25, -0.2) is 0 Å². The molecule has 1 fully saturated rings. The highest BCUT2D eigenvalue weighted by Gasteiger charge is 2.33. The molecule has 1 N–H and O–H groups in total. The highest BCUT2D eigenvalue weighted by molar-refractivity contribution is 5.80. The summed E-state index contributed by atoms with van der Waals surface area (Å²) < 4.78 is 5.60. The Morgan fingerprint density at radius 1 is 1.27 bits per heavy atom. The van der Waals surface area contributed by atoms with E-state index in [0.29, 0.717) is 31.8 Å². The second-order valence-electron chi connectivity index (χ2n) is 8.53. The average Bonchev–Trinajstić information content (AvgIpc) is 2.76. The molecule has 0 radical (unpaired) electrons. The lowest BCUT2D eigenvalue weighted by Gasteiger charge is -2.38. The van der Waals surface area contributed by atoms with Gasteiger partial charge in [0.15, 0.2) is 0 Å². The van der Waals surface area contributed by atoms with Gasteiger partial charge in [0.2, 0.25) is 11.8 Å². The van der Waals surface area contributed by atoms with Crippen LogP contribution in [0.5, 0.6) is 0 Å². The molecule has 6 nitrogen and oxygen atoms in total. The van der Waals surface area contributed by atoms with E-state index in [9.17, 15) is 14.7 Å². The molecule has 30 heavy (non-hydrogen) atoms. The molecule has 2 rings (SSSR count). The summed E-state index contributed by atoms with van der Waals surface area (Å²) in [4.78, 5) is 29.3. The van der Waals surface area contributed by atoms with Gasteiger partial charge < -0.3 is 19.6 Å². The second kappa shape index (κ2) is 12.1. The Kier molecular flexibility index (Phi) is 9.79. The lowest BCUT2D eigenvalue weighted by molar-refractivity contribution is -0.155. The first-order chi connectivity index (χ1) is 14.4. The minimum Gasteiger partial charge on any atom is -0.387 e. The number of rotatable bonds is 9. The van der Waals surface area contributed by atoms with Gasteiger partial charge in [-0.15, -0.1) is 0 Å². The minimum atomic E-state index is -0.750. The summed E-state index contributed by atoms with van der Waals surface area (Å²) in [5, 5.41) is 10.6. The third-order valence-electron chi connectivity index (χ3n) is 6.20. The molecule has 0 saturated carbocycles. The van der Waals surface area contributed by atoms with Crippen LogP contribution >= 0.6 is 0 Å². The van der Waals surface area contributed by atoms with E-state index >= 15 is 0 Å². The normalized spacial score (nSPS) is 22.4. The van der Waals surface area contributed by atoms with Crippen LogP contribution in [0.1, 0.15) is 64.5 Å². The van der Waals surface area contributed by atoms with Crippen LogP contribution in [0, 0.1) is 11.8 Å². The number of ether oxygens (including phenoxy) is 1. The maximum atomic E-state index is 12.9. The smallest absolute Gasteiger partial charge is 0.225 e. The summed E-state index contributed by atoms with van der Waals surface area (Å²) in [7, 11) is 1.60. The minimum absolute atomic E-state index is 0.00380. The van der Waals surface area contributed by atoms with Gasteiger partial charge in [0.25, 0.3) is 0 Å². The average molecular weight is 419 g/mol. The Morgan fingerprint density at radius 3 is 2.60 bits per heavy atom. The molecule has 1 heterocycles. The number of hydrogen-bond acceptors (Lipinski definition) is 4. The van der Waals surface area contributed by atoms with Crippen molar-refractivity contribution in [2.75, 3.05) is 26.7 Å². The van der Waals surface area contributed by atoms with Crippen molar-refractivity contribution in [1.82, 2.24) is 9.80 Å². The van der Waals surface area contributed by atoms with Crippen LogP contribution in [0.3, 0.4) is 0 Å². The molecular formula is C24H38N2O4. The number of β-amino-alcohol motifs (C(OH)–C–C–N with tert-alkyl or cyclic N) is 1. The third-order valence-corrected chi connectivity index (χ3v) is 6.20. The first-order valence-electron chi connectivity index (χ1n) is 11.2. The topological polar surface area (TPSA) is 70.1 Å². The van der Waals surface area contributed by atoms with Crippen molar-refractivity contribution in [2.24, 2.45) is 11.8 Å². The van der Waals surface area contributed by atoms with E-state index < -0.39 is 6.10 Å². The Morgan fingerprint density at radius 2 is 1.97 bits per heavy atom. The van der Waals surface area contributed by atoms with Crippen LogP contribution in [-0.2, 0) is 14.3 Å². The fourth-order valence-electron chi connectivity index (χ4n) is 3.95. The fourth-order valence-corrected chi connectivity index (χ4v) is 3.95. The van der Waals surface area contributed by atoms with Gasteiger partial charge >= 0.3 is 0 Å². The quantitative estimate of drug-likeness (QED) is 0.665. The molecule has 0 aliphatic carbocycles. The Labute approximate surface area is 181 Å². The largest absolute Gasteiger partial charge is 0.387 e. The van der Waals surface area contributed by atoms with E-state index in [1.165, 1.54) is 0 Å². The van der Waals surface area contributed by atoms with Crippen molar-refractivity contribution in [3.05, 3.63) is 35.9 Å². The molecule has 1 aromatic carbocycles. The Hall–Kier alpha value is -1.92. The number of nitrogens with zero attached hydrogens (tertiary/aromatic N) is 2. The van der Waals surface area contributed by atoms with Crippen LogP contribution in [0.2, 0.25) is 0 Å². The predicted molar refractivity (Wildman–Crippen MR) is 118 cm³/mol. The van der Waals surface area contributed by atoms with Gasteiger partial charge in [0, 0.05) is 39.0 Å². The maximum absolute atomic E-state index is 12.9. The van der Waals surface area contributed by atoms with Crippen LogP contribution in [0.4, 0.5) is 0 Å². The van der Waals surface area contributed by atoms with E-state index in [1.807, 2.05) is 37.3 Å². The number of aliphatic hydroxyl groups excluding tert-OH is 1. The van der Waals surface area contributed by atoms with E-state index in [0.717, 1.165) is 24.8 Å². The molecule has 0 spiro atoms. The number of benzene rings is 1. The highest BCUT2D eigenvalue weighted by atomic mass is 16.5. The van der Waals surface area contributed by atoms with Gasteiger partial charge in [-0.2, -0.15) is 0 Å². The van der Waals surface area contributed by atoms with E-state index in [2.05, 4.69) is 13.8 Å². The zero-order valence-corrected chi connectivity index (χ0v) is 18.9. The number of methoxy groups -OCH3 is 1. The summed E-state index contributed by atoms with van der Waals surface area (Å²) in [6.07, 6.45) is 2.85. The third kappa shape index (κ3) is 6.81. The van der Waals surface area contributed by atoms with Crippen LogP contribution < -0.4 is 0 Å². The summed E-state index contributed by atoms with van der Waals surface area (Å²) in [5.41, 5.74) is 0.785. The molecule has 0 aromatic heterocycles. The standard InChI is InChI=1S/C24H38N2O4/c1-5-18(2)10-9-13-22(28)26-15-14-25(24(29)19(3)16-23(26)30-4)17-21(27)20-11-7-6-8-12-20/h6-8,11-12,18-19,21,23,27H,5,9-10,13-17H2,1-4H3. The maximum Gasteiger partial charge on any atom is 0.225 e. The molecule has 1 saturated heterocycles. The van der Waals surface area contributed by atoms with Crippen LogP contribution in [-0.4, -0.2) is 59.7 Å². The molecule has 168 valence electrons. The lowest BCUT2D eigenvalue weighted by Crippen LogP contribution is -2.52. The lowest BCUT2D eigenvalue weighted by atomic mass is 10.00. The summed E-state index contributed by atoms with van der Waals surface area (Å²) in [5.74, 6) is 0.413. The molecule has 4 atom stereocenters. The number of amides is 2. The molecule has 1 aromatic rings. The highest BCUT2D eigenvalue weighted by Crippen LogP contribution is 2.23. The van der Waals surface area contributed by atoms with Crippen molar-refractivity contribution in [3.8, 4) is 0 Å². The SMILES string of the molecule is CCC(C)CCCC(=O)N1CCN(CC(O)c2ccccc2)C(=O)C(C)CC1OC. The van der Waals surface area contributed by atoms with Crippen molar-refractivity contribution in [2.45, 2.75) is 65.2 Å². The van der Waals surface area contributed by atoms with E-state index in [4.69, 9.17) is 4.74 Å². The molecule has 1 aliphatic heterocycles. The van der Waals surface area contributed by atoms with Crippen molar-refractivity contribution in [3.63, 3.8) is 0 Å². The molecule has 0 bridgehead atoms. The first kappa shape index (κ1) is 24.4. The summed E-state index contributed by atoms with van der Waals surface area (Å²) in [6.45, 7) is 7.28. The molecular weight excluding hydrogens is 380 g/mol. The van der Waals surface area contributed by atoms with Crippen molar-refractivity contribution in [1.29, 1.82) is 0 Å².